The van der Waals surface area contributed by atoms with Crippen LogP contribution in [-0.4, -0.2) is 27.6 Å². The van der Waals surface area contributed by atoms with Crippen molar-refractivity contribution in [3.05, 3.63) is 82.2 Å². The van der Waals surface area contributed by atoms with E-state index in [2.05, 4.69) is 15.3 Å². The number of oxazole rings is 1. The molecule has 3 aromatic heterocycles. The Kier molecular flexibility index (Phi) is 4.82. The lowest BCUT2D eigenvalue weighted by Gasteiger charge is -2.13. The zero-order valence-electron chi connectivity index (χ0n) is 15.9. The second-order valence-corrected chi connectivity index (χ2v) is 6.34. The van der Waals surface area contributed by atoms with Crippen LogP contribution in [0.5, 0.6) is 5.75 Å². The minimum atomic E-state index is -0.507. The number of pyridine rings is 2. The summed E-state index contributed by atoms with van der Waals surface area (Å²) >= 11 is 0. The second kappa shape index (κ2) is 7.59. The third kappa shape index (κ3) is 3.47. The highest BCUT2D eigenvalue weighted by atomic mass is 16.5. The van der Waals surface area contributed by atoms with E-state index in [9.17, 15) is 9.59 Å². The fourth-order valence-corrected chi connectivity index (χ4v) is 3.05. The Morgan fingerprint density at radius 2 is 2.03 bits per heavy atom. The van der Waals surface area contributed by atoms with Crippen molar-refractivity contribution in [2.75, 3.05) is 7.11 Å². The van der Waals surface area contributed by atoms with Crippen LogP contribution >= 0.6 is 0 Å². The van der Waals surface area contributed by atoms with Gasteiger partial charge in [-0.3, -0.25) is 14.2 Å². The van der Waals surface area contributed by atoms with Gasteiger partial charge in [-0.25, -0.2) is 4.98 Å². The number of ether oxygens (including phenoxy) is 1. The lowest BCUT2D eigenvalue weighted by molar-refractivity contribution is 0.0945. The van der Waals surface area contributed by atoms with Crippen LogP contribution in [0.4, 0.5) is 0 Å². The smallest absolute Gasteiger partial charge is 0.268 e. The molecule has 0 saturated carbocycles. The molecule has 8 nitrogen and oxygen atoms in total. The number of hydrogen-bond acceptors (Lipinski definition) is 6. The summed E-state index contributed by atoms with van der Waals surface area (Å²) in [6.45, 7) is 1.75. The lowest BCUT2D eigenvalue weighted by Crippen LogP contribution is -2.33. The van der Waals surface area contributed by atoms with Gasteiger partial charge in [-0.1, -0.05) is 12.1 Å². The summed E-state index contributed by atoms with van der Waals surface area (Å²) in [5.41, 5.74) is 1.73. The van der Waals surface area contributed by atoms with Crippen LogP contribution in [-0.2, 0) is 6.54 Å². The summed E-state index contributed by atoms with van der Waals surface area (Å²) in [5.74, 6) is 0.335. The number of benzene rings is 1. The van der Waals surface area contributed by atoms with Gasteiger partial charge in [0.2, 0.25) is 5.89 Å². The van der Waals surface area contributed by atoms with E-state index >= 15 is 0 Å². The SMILES string of the molecule is COc1ccccc1-n1ccc(C)c(C(=O)NCc2nc3ncccc3o2)c1=O. The first-order valence-corrected chi connectivity index (χ1v) is 8.93. The molecule has 0 aliphatic carbocycles. The highest BCUT2D eigenvalue weighted by Gasteiger charge is 2.18. The largest absolute Gasteiger partial charge is 0.495 e. The second-order valence-electron chi connectivity index (χ2n) is 6.34. The number of methoxy groups -OCH3 is 1. The summed E-state index contributed by atoms with van der Waals surface area (Å²) in [6, 6.07) is 12.3. The fourth-order valence-electron chi connectivity index (χ4n) is 3.05. The Morgan fingerprint density at radius 3 is 2.83 bits per heavy atom. The Hall–Kier alpha value is -3.94. The molecule has 0 fully saturated rings. The van der Waals surface area contributed by atoms with Crippen molar-refractivity contribution in [1.29, 1.82) is 0 Å². The zero-order valence-corrected chi connectivity index (χ0v) is 15.9. The minimum Gasteiger partial charge on any atom is -0.495 e. The third-order valence-corrected chi connectivity index (χ3v) is 4.48. The number of fused-ring (bicyclic) bond motifs is 1. The molecule has 0 saturated heterocycles. The van der Waals surface area contributed by atoms with Gasteiger partial charge in [0.15, 0.2) is 11.2 Å². The Morgan fingerprint density at radius 1 is 1.21 bits per heavy atom. The molecule has 1 N–H and O–H groups in total. The van der Waals surface area contributed by atoms with E-state index in [4.69, 9.17) is 9.15 Å². The molecular formula is C21H18N4O4. The molecule has 4 rings (SSSR count). The van der Waals surface area contributed by atoms with Crippen molar-refractivity contribution in [1.82, 2.24) is 19.9 Å². The Labute approximate surface area is 165 Å². The van der Waals surface area contributed by atoms with Crippen molar-refractivity contribution >= 4 is 17.1 Å². The minimum absolute atomic E-state index is 0.0393. The molecule has 0 bridgehead atoms. The molecule has 1 amide bonds. The molecule has 0 unspecified atom stereocenters. The van der Waals surface area contributed by atoms with Gasteiger partial charge in [-0.05, 0) is 42.8 Å². The van der Waals surface area contributed by atoms with E-state index < -0.39 is 11.5 Å². The maximum absolute atomic E-state index is 13.0. The van der Waals surface area contributed by atoms with Gasteiger partial charge in [0, 0.05) is 12.4 Å². The Bertz CT molecular complexity index is 1230. The fraction of sp³-hybridized carbons (Fsp3) is 0.143. The predicted octanol–water partition coefficient (Wildman–Crippen LogP) is 2.62. The van der Waals surface area contributed by atoms with Crippen LogP contribution in [0.2, 0.25) is 0 Å². The number of nitrogens with one attached hydrogen (secondary N) is 1. The van der Waals surface area contributed by atoms with Crippen molar-refractivity contribution in [2.45, 2.75) is 13.5 Å². The van der Waals surface area contributed by atoms with Gasteiger partial charge in [0.25, 0.3) is 11.5 Å². The average Bonchev–Trinajstić information content (AvgIpc) is 3.15. The van der Waals surface area contributed by atoms with Gasteiger partial charge in [-0.2, -0.15) is 4.98 Å². The van der Waals surface area contributed by atoms with Crippen LogP contribution in [0.15, 0.2) is 64.1 Å². The maximum Gasteiger partial charge on any atom is 0.268 e. The van der Waals surface area contributed by atoms with E-state index in [0.717, 1.165) is 0 Å². The number of aryl methyl sites for hydroxylation is 1. The van der Waals surface area contributed by atoms with Gasteiger partial charge in [-0.15, -0.1) is 0 Å². The summed E-state index contributed by atoms with van der Waals surface area (Å²) in [6.07, 6.45) is 3.24. The van der Waals surface area contributed by atoms with E-state index in [-0.39, 0.29) is 12.1 Å². The van der Waals surface area contributed by atoms with E-state index in [0.29, 0.717) is 34.1 Å². The number of carbonyl (C=O) groups excluding carboxylic acids is 1. The quantitative estimate of drug-likeness (QED) is 0.562. The van der Waals surface area contributed by atoms with Crippen LogP contribution in [0.3, 0.4) is 0 Å². The Balaban J connectivity index is 1.63. The van der Waals surface area contributed by atoms with Gasteiger partial charge >= 0.3 is 0 Å². The van der Waals surface area contributed by atoms with Crippen molar-refractivity contribution < 1.29 is 13.9 Å². The van der Waals surface area contributed by atoms with E-state index in [1.807, 2.05) is 6.07 Å². The molecule has 29 heavy (non-hydrogen) atoms. The van der Waals surface area contributed by atoms with Gasteiger partial charge in [0.1, 0.15) is 11.3 Å². The molecule has 1 aromatic carbocycles. The van der Waals surface area contributed by atoms with Crippen molar-refractivity contribution in [2.24, 2.45) is 0 Å². The van der Waals surface area contributed by atoms with E-state index in [1.165, 1.54) is 11.7 Å². The summed E-state index contributed by atoms with van der Waals surface area (Å²) in [5, 5.41) is 2.70. The number of amides is 1. The molecule has 8 heteroatoms. The predicted molar refractivity (Wildman–Crippen MR) is 106 cm³/mol. The third-order valence-electron chi connectivity index (χ3n) is 4.48. The average molecular weight is 390 g/mol. The normalized spacial score (nSPS) is 10.8. The van der Waals surface area contributed by atoms with Crippen LogP contribution in [0, 0.1) is 6.92 Å². The number of nitrogens with zero attached hydrogens (tertiary/aromatic N) is 3. The number of para-hydroxylation sites is 2. The molecule has 0 spiro atoms. The number of aromatic nitrogens is 3. The molecule has 0 atom stereocenters. The van der Waals surface area contributed by atoms with Crippen molar-refractivity contribution in [3.8, 4) is 11.4 Å². The first-order chi connectivity index (χ1) is 14.1. The molecule has 0 aliphatic heterocycles. The molecular weight excluding hydrogens is 372 g/mol. The number of carbonyl (C=O) groups is 1. The van der Waals surface area contributed by atoms with Gasteiger partial charge in [0.05, 0.1) is 19.3 Å². The first-order valence-electron chi connectivity index (χ1n) is 8.93. The van der Waals surface area contributed by atoms with Crippen LogP contribution < -0.4 is 15.6 Å². The molecule has 4 aromatic rings. The summed E-state index contributed by atoms with van der Waals surface area (Å²) < 4.78 is 12.3. The summed E-state index contributed by atoms with van der Waals surface area (Å²) in [4.78, 5) is 34.1. The topological polar surface area (TPSA) is 99.2 Å². The van der Waals surface area contributed by atoms with Crippen LogP contribution in [0.25, 0.3) is 16.9 Å². The number of rotatable bonds is 5. The van der Waals surface area contributed by atoms with Crippen molar-refractivity contribution in [3.63, 3.8) is 0 Å². The monoisotopic (exact) mass is 390 g/mol. The molecule has 3 heterocycles. The lowest BCUT2D eigenvalue weighted by atomic mass is 10.1. The molecule has 146 valence electrons. The zero-order chi connectivity index (χ0) is 20.4. The van der Waals surface area contributed by atoms with Crippen LogP contribution in [0.1, 0.15) is 21.8 Å². The standard InChI is InChI=1S/C21H18N4O4/c1-13-9-11-25(14-6-3-4-7-15(14)28-2)21(27)18(13)20(26)23-12-17-24-19-16(29-17)8-5-10-22-19/h3-11H,12H2,1-2H3,(H,23,26). The molecule has 0 aliphatic rings. The van der Waals surface area contributed by atoms with Gasteiger partial charge < -0.3 is 14.5 Å². The molecule has 0 radical (unpaired) electrons. The summed E-state index contributed by atoms with van der Waals surface area (Å²) in [7, 11) is 1.53. The van der Waals surface area contributed by atoms with E-state index in [1.54, 1.807) is 55.7 Å². The first kappa shape index (κ1) is 18.4. The maximum atomic E-state index is 13.0. The highest BCUT2D eigenvalue weighted by Crippen LogP contribution is 2.21. The highest BCUT2D eigenvalue weighted by molar-refractivity contribution is 5.95. The number of hydrogen-bond donors (Lipinski definition) is 1.